The topological polar surface area (TPSA) is 128 Å². The molecular weight excluding hydrogens is 438 g/mol. The SMILES string of the molecule is Cc1nc(-c2nnn(C)c2CNC(=O)OCCCC2CC2)ccc1O[C@H]1CCC[C@H](C(=O)O)C1. The summed E-state index contributed by atoms with van der Waals surface area (Å²) in [5.74, 6) is 0.347. The summed E-state index contributed by atoms with van der Waals surface area (Å²) in [6.45, 7) is 2.50. The third-order valence-corrected chi connectivity index (χ3v) is 6.58. The fourth-order valence-electron chi connectivity index (χ4n) is 4.38. The molecule has 2 fully saturated rings. The fraction of sp³-hybridized carbons (Fsp3) is 0.625. The summed E-state index contributed by atoms with van der Waals surface area (Å²) in [4.78, 5) is 28.0. The van der Waals surface area contributed by atoms with E-state index in [0.29, 0.717) is 48.0 Å². The number of carbonyl (C=O) groups excluding carboxylic acids is 1. The second-order valence-corrected chi connectivity index (χ2v) is 9.31. The minimum Gasteiger partial charge on any atom is -0.489 e. The molecule has 2 atom stereocenters. The van der Waals surface area contributed by atoms with E-state index in [2.05, 4.69) is 20.6 Å². The number of alkyl carbamates (subject to hydrolysis) is 1. The molecule has 2 aliphatic rings. The summed E-state index contributed by atoms with van der Waals surface area (Å²) in [5, 5.41) is 20.4. The molecule has 0 saturated heterocycles. The Bertz CT molecular complexity index is 1020. The van der Waals surface area contributed by atoms with Gasteiger partial charge in [0, 0.05) is 7.05 Å². The Morgan fingerprint density at radius 1 is 1.24 bits per heavy atom. The highest BCUT2D eigenvalue weighted by Crippen LogP contribution is 2.33. The van der Waals surface area contributed by atoms with Crippen molar-refractivity contribution in [3.8, 4) is 17.1 Å². The van der Waals surface area contributed by atoms with Crippen molar-refractivity contribution in [3.63, 3.8) is 0 Å². The maximum atomic E-state index is 12.1. The van der Waals surface area contributed by atoms with E-state index in [0.717, 1.165) is 31.6 Å². The molecule has 10 heteroatoms. The molecule has 2 heterocycles. The first-order valence-electron chi connectivity index (χ1n) is 12.1. The predicted molar refractivity (Wildman–Crippen MR) is 123 cm³/mol. The lowest BCUT2D eigenvalue weighted by molar-refractivity contribution is -0.143. The van der Waals surface area contributed by atoms with Crippen molar-refractivity contribution in [2.45, 2.75) is 70.9 Å². The maximum Gasteiger partial charge on any atom is 0.407 e. The van der Waals surface area contributed by atoms with E-state index in [4.69, 9.17) is 9.47 Å². The first kappa shape index (κ1) is 24.0. The molecule has 1 amide bonds. The highest BCUT2D eigenvalue weighted by molar-refractivity contribution is 5.70. The van der Waals surface area contributed by atoms with Crippen LogP contribution in [0.3, 0.4) is 0 Å². The first-order chi connectivity index (χ1) is 16.4. The zero-order chi connectivity index (χ0) is 24.1. The van der Waals surface area contributed by atoms with Gasteiger partial charge in [-0.1, -0.05) is 18.1 Å². The first-order valence-corrected chi connectivity index (χ1v) is 12.1. The number of carbonyl (C=O) groups is 2. The maximum absolute atomic E-state index is 12.1. The van der Waals surface area contributed by atoms with Crippen LogP contribution in [0.5, 0.6) is 5.75 Å². The number of nitrogens with zero attached hydrogens (tertiary/aromatic N) is 4. The summed E-state index contributed by atoms with van der Waals surface area (Å²) in [6.07, 6.45) is 6.91. The highest BCUT2D eigenvalue weighted by Gasteiger charge is 2.28. The lowest BCUT2D eigenvalue weighted by Gasteiger charge is -2.27. The van der Waals surface area contributed by atoms with Crippen LogP contribution in [-0.4, -0.2) is 49.9 Å². The molecule has 4 rings (SSSR count). The van der Waals surface area contributed by atoms with Crippen molar-refractivity contribution in [1.29, 1.82) is 0 Å². The lowest BCUT2D eigenvalue weighted by atomic mass is 9.87. The largest absolute Gasteiger partial charge is 0.489 e. The van der Waals surface area contributed by atoms with Gasteiger partial charge < -0.3 is 19.9 Å². The van der Waals surface area contributed by atoms with Crippen LogP contribution >= 0.6 is 0 Å². The average molecular weight is 472 g/mol. The van der Waals surface area contributed by atoms with E-state index >= 15 is 0 Å². The number of hydrogen-bond acceptors (Lipinski definition) is 7. The van der Waals surface area contributed by atoms with Crippen LogP contribution < -0.4 is 10.1 Å². The predicted octanol–water partition coefficient (Wildman–Crippen LogP) is 3.62. The molecule has 0 radical (unpaired) electrons. The van der Waals surface area contributed by atoms with E-state index in [1.165, 1.54) is 12.8 Å². The van der Waals surface area contributed by atoms with Crippen molar-refractivity contribution in [2.24, 2.45) is 18.9 Å². The van der Waals surface area contributed by atoms with Gasteiger partial charge in [-0.25, -0.2) is 14.5 Å². The molecule has 34 heavy (non-hydrogen) atoms. The quantitative estimate of drug-likeness (QED) is 0.503. The van der Waals surface area contributed by atoms with Crippen molar-refractivity contribution < 1.29 is 24.2 Å². The smallest absolute Gasteiger partial charge is 0.407 e. The number of carboxylic acid groups (broad SMARTS) is 1. The van der Waals surface area contributed by atoms with Gasteiger partial charge in [0.05, 0.1) is 42.3 Å². The van der Waals surface area contributed by atoms with Crippen LogP contribution in [0.4, 0.5) is 4.79 Å². The van der Waals surface area contributed by atoms with E-state index in [-0.39, 0.29) is 18.6 Å². The number of aromatic nitrogens is 4. The normalized spacial score (nSPS) is 20.1. The molecule has 2 N–H and O–H groups in total. The number of aryl methyl sites for hydroxylation is 2. The summed E-state index contributed by atoms with van der Waals surface area (Å²) in [5.41, 5.74) is 2.61. The fourth-order valence-corrected chi connectivity index (χ4v) is 4.38. The van der Waals surface area contributed by atoms with Gasteiger partial charge in [0.15, 0.2) is 0 Å². The van der Waals surface area contributed by atoms with Crippen molar-refractivity contribution >= 4 is 12.1 Å². The Hall–Kier alpha value is -3.17. The van der Waals surface area contributed by atoms with Crippen LogP contribution in [0.25, 0.3) is 11.4 Å². The zero-order valence-electron chi connectivity index (χ0n) is 19.8. The molecule has 0 spiro atoms. The molecule has 2 aromatic heterocycles. The standard InChI is InChI=1S/C24H33N5O5/c1-15-21(34-18-7-3-6-17(13-18)23(30)31)11-10-19(26-15)22-20(29(2)28-27-22)14-25-24(32)33-12-4-5-16-8-9-16/h10-11,16-18H,3-9,12-14H2,1-2H3,(H,25,32)(H,30,31)/t17-,18-/m0/s1. The summed E-state index contributed by atoms with van der Waals surface area (Å²) in [7, 11) is 1.76. The second kappa shape index (κ2) is 10.8. The van der Waals surface area contributed by atoms with Gasteiger partial charge in [0.25, 0.3) is 0 Å². The third-order valence-electron chi connectivity index (χ3n) is 6.58. The summed E-state index contributed by atoms with van der Waals surface area (Å²) < 4.78 is 13.0. The van der Waals surface area contributed by atoms with Crippen molar-refractivity contribution in [3.05, 3.63) is 23.5 Å². The number of carboxylic acids is 1. The van der Waals surface area contributed by atoms with Gasteiger partial charge in [0.1, 0.15) is 11.4 Å². The number of aliphatic carboxylic acids is 1. The number of ether oxygens (including phenoxy) is 2. The zero-order valence-corrected chi connectivity index (χ0v) is 19.8. The average Bonchev–Trinajstić information content (AvgIpc) is 3.57. The van der Waals surface area contributed by atoms with Gasteiger partial charge in [-0.05, 0) is 63.5 Å². The molecule has 2 aliphatic carbocycles. The Morgan fingerprint density at radius 2 is 2.06 bits per heavy atom. The summed E-state index contributed by atoms with van der Waals surface area (Å²) >= 11 is 0. The van der Waals surface area contributed by atoms with E-state index in [1.807, 2.05) is 19.1 Å². The van der Waals surface area contributed by atoms with Crippen LogP contribution in [0.2, 0.25) is 0 Å². The molecule has 2 saturated carbocycles. The van der Waals surface area contributed by atoms with E-state index in [9.17, 15) is 14.7 Å². The Morgan fingerprint density at radius 3 is 2.79 bits per heavy atom. The van der Waals surface area contributed by atoms with Crippen LogP contribution in [-0.2, 0) is 23.1 Å². The van der Waals surface area contributed by atoms with Gasteiger partial charge in [0.2, 0.25) is 0 Å². The van der Waals surface area contributed by atoms with Gasteiger partial charge in [-0.15, -0.1) is 5.10 Å². The molecule has 184 valence electrons. The Balaban J connectivity index is 1.35. The summed E-state index contributed by atoms with van der Waals surface area (Å²) in [6, 6.07) is 3.64. The minimum atomic E-state index is -0.760. The number of nitrogens with one attached hydrogen (secondary N) is 1. The second-order valence-electron chi connectivity index (χ2n) is 9.31. The lowest BCUT2D eigenvalue weighted by Crippen LogP contribution is -2.29. The number of pyridine rings is 1. The molecule has 10 nitrogen and oxygen atoms in total. The van der Waals surface area contributed by atoms with Gasteiger partial charge in [-0.3, -0.25) is 4.79 Å². The Labute approximate surface area is 199 Å². The molecule has 0 aromatic carbocycles. The van der Waals surface area contributed by atoms with Gasteiger partial charge >= 0.3 is 12.1 Å². The molecule has 0 bridgehead atoms. The van der Waals surface area contributed by atoms with E-state index < -0.39 is 12.1 Å². The van der Waals surface area contributed by atoms with Crippen LogP contribution in [0.1, 0.15) is 62.8 Å². The Kier molecular flexibility index (Phi) is 7.64. The minimum absolute atomic E-state index is 0.132. The highest BCUT2D eigenvalue weighted by atomic mass is 16.5. The van der Waals surface area contributed by atoms with Crippen molar-refractivity contribution in [1.82, 2.24) is 25.3 Å². The third kappa shape index (κ3) is 6.24. The van der Waals surface area contributed by atoms with Crippen LogP contribution in [0.15, 0.2) is 12.1 Å². The molecule has 0 aliphatic heterocycles. The van der Waals surface area contributed by atoms with Gasteiger partial charge in [-0.2, -0.15) is 0 Å². The van der Waals surface area contributed by atoms with E-state index in [1.54, 1.807) is 11.7 Å². The van der Waals surface area contributed by atoms with Crippen LogP contribution in [0, 0.1) is 18.8 Å². The molecule has 0 unspecified atom stereocenters. The number of rotatable bonds is 10. The van der Waals surface area contributed by atoms with Crippen molar-refractivity contribution in [2.75, 3.05) is 6.61 Å². The monoisotopic (exact) mass is 471 g/mol. The number of hydrogen-bond donors (Lipinski definition) is 2. The molecule has 2 aromatic rings. The molecular formula is C24H33N5O5. The number of amides is 1.